The number of carbonyl (C=O) groups is 1. The van der Waals surface area contributed by atoms with Crippen molar-refractivity contribution < 1.29 is 61.3 Å². The van der Waals surface area contributed by atoms with Gasteiger partial charge in [-0.3, -0.25) is 9.78 Å². The molecule has 0 fully saturated rings. The molecule has 14 heavy (non-hydrogen) atoms. The summed E-state index contributed by atoms with van der Waals surface area (Å²) in [6.45, 7) is 4.00. The molecule has 1 aromatic rings. The van der Waals surface area contributed by atoms with Crippen molar-refractivity contribution >= 4 is 5.91 Å². The van der Waals surface area contributed by atoms with E-state index in [9.17, 15) is 9.90 Å². The zero-order chi connectivity index (χ0) is 10.3. The number of nitrogens with one attached hydrogen (secondary N) is 1. The fraction of sp³-hybridized carbons (Fsp3) is 0.375. The van der Waals surface area contributed by atoms with Crippen LogP contribution in [-0.4, -0.2) is 22.9 Å². The zero-order valence-corrected chi connectivity index (χ0v) is 12.0. The average molecular weight is 221 g/mol. The molecule has 0 radical (unpaired) electrons. The van der Waals surface area contributed by atoms with Gasteiger partial charge in [-0.25, -0.2) is 4.98 Å². The Kier molecular flexibility index (Phi) is 11.2. The third kappa shape index (κ3) is 5.66. The van der Waals surface area contributed by atoms with Gasteiger partial charge in [-0.05, 0) is 0 Å². The Morgan fingerprint density at radius 3 is 2.29 bits per heavy atom. The molecule has 72 valence electrons. The number of amides is 1. The van der Waals surface area contributed by atoms with Crippen LogP contribution in [-0.2, 0) is 0 Å². The van der Waals surface area contributed by atoms with Gasteiger partial charge in [0.1, 0.15) is 5.69 Å². The molecular weight excluding hydrogens is 209 g/mol. The topological polar surface area (TPSA) is 77.9 Å². The van der Waals surface area contributed by atoms with Crippen molar-refractivity contribution in [2.75, 3.05) is 7.05 Å². The Hall–Kier alpha value is -0.0136. The summed E-state index contributed by atoms with van der Waals surface area (Å²) < 4.78 is 0. The van der Waals surface area contributed by atoms with Gasteiger partial charge in [-0.2, -0.15) is 0 Å². The van der Waals surface area contributed by atoms with E-state index < -0.39 is 5.88 Å². The second kappa shape index (κ2) is 9.54. The zero-order valence-electron chi connectivity index (χ0n) is 8.87. The molecular formula is C8H12KN3O2. The van der Waals surface area contributed by atoms with Crippen LogP contribution in [0.2, 0.25) is 0 Å². The third-order valence-corrected chi connectivity index (χ3v) is 1.09. The summed E-state index contributed by atoms with van der Waals surface area (Å²) in [6.07, 6.45) is 2.14. The van der Waals surface area contributed by atoms with Gasteiger partial charge >= 0.3 is 51.4 Å². The third-order valence-electron chi connectivity index (χ3n) is 1.09. The average Bonchev–Trinajstić information content (AvgIpc) is 2.21. The summed E-state index contributed by atoms with van der Waals surface area (Å²) in [5.41, 5.74) is 0.145. The molecule has 0 spiro atoms. The summed E-state index contributed by atoms with van der Waals surface area (Å²) in [5.74, 6) is -0.796. The number of hydrogen-bond donors (Lipinski definition) is 1. The molecule has 6 heteroatoms. The van der Waals surface area contributed by atoms with Crippen molar-refractivity contribution in [2.24, 2.45) is 0 Å². The second-order valence-electron chi connectivity index (χ2n) is 1.82. The van der Waals surface area contributed by atoms with E-state index in [1.54, 1.807) is 0 Å². The van der Waals surface area contributed by atoms with E-state index in [4.69, 9.17) is 0 Å². The summed E-state index contributed by atoms with van der Waals surface area (Å²) in [7, 11) is 1.48. The van der Waals surface area contributed by atoms with Gasteiger partial charge in [0, 0.05) is 19.1 Å². The molecule has 1 heterocycles. The molecule has 1 amide bonds. The molecule has 0 unspecified atom stereocenters. The minimum Gasteiger partial charge on any atom is -0.858 e. The van der Waals surface area contributed by atoms with E-state index in [0.717, 1.165) is 12.4 Å². The first-order valence-electron chi connectivity index (χ1n) is 3.95. The van der Waals surface area contributed by atoms with Crippen molar-refractivity contribution in [1.82, 2.24) is 15.3 Å². The Bertz CT molecular complexity index is 264. The van der Waals surface area contributed by atoms with Gasteiger partial charge < -0.3 is 10.4 Å². The first kappa shape index (κ1) is 16.4. The van der Waals surface area contributed by atoms with Gasteiger partial charge in [-0.15, -0.1) is 0 Å². The SMILES string of the molecule is CC.CNC(=O)c1cnc([O-])cn1.[K+]. The first-order valence-corrected chi connectivity index (χ1v) is 3.95. The Morgan fingerprint density at radius 2 is 1.93 bits per heavy atom. The molecule has 0 aliphatic carbocycles. The molecule has 5 nitrogen and oxygen atoms in total. The monoisotopic (exact) mass is 221 g/mol. The standard InChI is InChI=1S/C6H7N3O2.C2H6.K/c1-7-6(11)4-2-9-5(10)3-8-4;1-2;/h2-3H,1H3,(H,7,11)(H,9,10);1-2H3;/q;;+1/p-1. The number of carbonyl (C=O) groups excluding carboxylic acids is 1. The summed E-state index contributed by atoms with van der Waals surface area (Å²) >= 11 is 0. The minimum atomic E-state index is -0.447. The van der Waals surface area contributed by atoms with Gasteiger partial charge in [0.2, 0.25) is 0 Å². The van der Waals surface area contributed by atoms with Crippen molar-refractivity contribution in [3.05, 3.63) is 18.1 Å². The number of nitrogens with zero attached hydrogens (tertiary/aromatic N) is 2. The molecule has 1 rings (SSSR count). The fourth-order valence-electron chi connectivity index (χ4n) is 0.562. The van der Waals surface area contributed by atoms with E-state index in [-0.39, 0.29) is 63.0 Å². The number of aromatic nitrogens is 2. The summed E-state index contributed by atoms with van der Waals surface area (Å²) in [6, 6.07) is 0. The second-order valence-corrected chi connectivity index (χ2v) is 1.82. The van der Waals surface area contributed by atoms with Gasteiger partial charge in [-0.1, -0.05) is 13.8 Å². The van der Waals surface area contributed by atoms with E-state index in [1.807, 2.05) is 13.8 Å². The van der Waals surface area contributed by atoms with Gasteiger partial charge in [0.15, 0.2) is 0 Å². The van der Waals surface area contributed by atoms with E-state index in [0.29, 0.717) is 0 Å². The molecule has 1 N–H and O–H groups in total. The molecule has 0 bridgehead atoms. The van der Waals surface area contributed by atoms with Gasteiger partial charge in [0.25, 0.3) is 5.91 Å². The Morgan fingerprint density at radius 1 is 1.36 bits per heavy atom. The van der Waals surface area contributed by atoms with Crippen LogP contribution in [0.1, 0.15) is 24.3 Å². The van der Waals surface area contributed by atoms with Crippen molar-refractivity contribution in [1.29, 1.82) is 0 Å². The van der Waals surface area contributed by atoms with Crippen LogP contribution in [0.25, 0.3) is 0 Å². The number of rotatable bonds is 1. The van der Waals surface area contributed by atoms with Crippen LogP contribution in [0.5, 0.6) is 5.88 Å². The summed E-state index contributed by atoms with van der Waals surface area (Å²) in [4.78, 5) is 17.7. The van der Waals surface area contributed by atoms with E-state index >= 15 is 0 Å². The maximum absolute atomic E-state index is 10.8. The fourth-order valence-corrected chi connectivity index (χ4v) is 0.562. The Labute approximate surface area is 126 Å². The normalized spacial score (nSPS) is 7.64. The largest absolute Gasteiger partial charge is 1.00 e. The van der Waals surface area contributed by atoms with Crippen molar-refractivity contribution in [2.45, 2.75) is 13.8 Å². The minimum absolute atomic E-state index is 0. The molecule has 0 atom stereocenters. The smallest absolute Gasteiger partial charge is 0.858 e. The number of hydrogen-bond acceptors (Lipinski definition) is 4. The molecule has 0 aliphatic rings. The quantitative estimate of drug-likeness (QED) is 0.511. The van der Waals surface area contributed by atoms with Crippen LogP contribution in [0.3, 0.4) is 0 Å². The van der Waals surface area contributed by atoms with Crippen molar-refractivity contribution in [3.63, 3.8) is 0 Å². The van der Waals surface area contributed by atoms with Crippen LogP contribution in [0.4, 0.5) is 0 Å². The molecule has 0 aromatic carbocycles. The predicted octanol–water partition coefficient (Wildman–Crippen LogP) is -3.06. The van der Waals surface area contributed by atoms with Crippen LogP contribution >= 0.6 is 0 Å². The maximum Gasteiger partial charge on any atom is 1.00 e. The van der Waals surface area contributed by atoms with Gasteiger partial charge in [0.05, 0.1) is 6.20 Å². The first-order chi connectivity index (χ1) is 6.24. The summed E-state index contributed by atoms with van der Waals surface area (Å²) in [5, 5.41) is 12.8. The Balaban J connectivity index is 0. The van der Waals surface area contributed by atoms with Crippen LogP contribution in [0.15, 0.2) is 12.4 Å². The van der Waals surface area contributed by atoms with Crippen LogP contribution < -0.4 is 61.8 Å². The van der Waals surface area contributed by atoms with E-state index in [2.05, 4.69) is 15.3 Å². The maximum atomic E-state index is 10.8. The van der Waals surface area contributed by atoms with Crippen LogP contribution in [0, 0.1) is 0 Å². The molecule has 1 aromatic heterocycles. The van der Waals surface area contributed by atoms with Crippen molar-refractivity contribution in [3.8, 4) is 5.88 Å². The molecule has 0 saturated heterocycles. The van der Waals surface area contributed by atoms with E-state index in [1.165, 1.54) is 7.05 Å². The molecule has 0 saturated carbocycles. The predicted molar refractivity (Wildman–Crippen MR) is 46.2 cm³/mol. The molecule has 0 aliphatic heterocycles.